The van der Waals surface area contributed by atoms with Gasteiger partial charge in [-0.2, -0.15) is 0 Å². The van der Waals surface area contributed by atoms with Crippen molar-refractivity contribution in [2.75, 3.05) is 0 Å². The van der Waals surface area contributed by atoms with Crippen LogP contribution < -0.4 is 10.6 Å². The van der Waals surface area contributed by atoms with E-state index in [4.69, 9.17) is 21.1 Å². The summed E-state index contributed by atoms with van der Waals surface area (Å²) < 4.78 is 10.9. The van der Waals surface area contributed by atoms with E-state index in [0.29, 0.717) is 11.5 Å². The Morgan fingerprint density at radius 3 is 1.80 bits per heavy atom. The van der Waals surface area contributed by atoms with Gasteiger partial charge in [-0.05, 0) is 36.5 Å². The fraction of sp³-hybridized carbons (Fsp3) is 0.294. The van der Waals surface area contributed by atoms with Crippen molar-refractivity contribution in [2.24, 2.45) is 5.41 Å². The number of nitrogens with one attached hydrogen (secondary N) is 2. The lowest BCUT2D eigenvalue weighted by molar-refractivity contribution is -0.151. The molecule has 0 aromatic carbocycles. The average molecular weight is 358 g/mol. The van der Waals surface area contributed by atoms with Crippen molar-refractivity contribution in [3.8, 4) is 0 Å². The summed E-state index contributed by atoms with van der Waals surface area (Å²) in [4.78, 5) is 38.5. The highest BCUT2D eigenvalue weighted by Crippen LogP contribution is 2.55. The summed E-state index contributed by atoms with van der Waals surface area (Å²) in [6.45, 7) is 0. The van der Waals surface area contributed by atoms with Crippen LogP contribution in [-0.2, 0) is 14.4 Å². The van der Waals surface area contributed by atoms with E-state index in [1.165, 1.54) is 12.5 Å². The van der Waals surface area contributed by atoms with Crippen LogP contribution in [0.5, 0.6) is 0 Å². The first-order valence-electron chi connectivity index (χ1n) is 7.79. The number of furan rings is 2. The molecule has 4 rings (SSSR count). The topological polar surface area (TPSA) is 102 Å². The van der Waals surface area contributed by atoms with Crippen molar-refractivity contribution in [3.63, 3.8) is 0 Å². The summed E-state index contributed by atoms with van der Waals surface area (Å²) in [5, 5.41) is 5.02. The van der Waals surface area contributed by atoms with Gasteiger partial charge in [-0.3, -0.25) is 14.4 Å². The number of carbonyl (C=O) groups is 3. The van der Waals surface area contributed by atoms with Crippen LogP contribution in [0.15, 0.2) is 45.6 Å². The monoisotopic (exact) mass is 358 g/mol. The second kappa shape index (κ2) is 5.66. The van der Waals surface area contributed by atoms with E-state index >= 15 is 0 Å². The van der Waals surface area contributed by atoms with Gasteiger partial charge in [0.25, 0.3) is 0 Å². The van der Waals surface area contributed by atoms with Crippen molar-refractivity contribution >= 4 is 34.9 Å². The molecule has 1 aliphatic carbocycles. The molecule has 7 nitrogen and oxygen atoms in total. The number of carbonyl (C=O) groups excluding carboxylic acids is 3. The first-order valence-corrected chi connectivity index (χ1v) is 8.19. The number of ketones is 1. The maximum atomic E-state index is 13.1. The minimum Gasteiger partial charge on any atom is -0.469 e. The Hall–Kier alpha value is -2.74. The number of amides is 2. The van der Waals surface area contributed by atoms with Crippen LogP contribution in [0.3, 0.4) is 0 Å². The Balaban J connectivity index is 1.94. The molecule has 25 heavy (non-hydrogen) atoms. The molecule has 2 unspecified atom stereocenters. The van der Waals surface area contributed by atoms with Crippen molar-refractivity contribution in [1.29, 1.82) is 0 Å². The maximum absolute atomic E-state index is 13.1. The van der Waals surface area contributed by atoms with Gasteiger partial charge in [0.15, 0.2) is 5.11 Å². The standard InChI is InChI=1S/C17H14N2O5S/c20-9-7-10(12-3-1-5-23-12)17(11(8-9)13-4-2-6-24-13)14(21)18-16(25)19-15(17)22/h1-6,10-11H,7-8H2,(H2,18,19,21,22,25). The lowest BCUT2D eigenvalue weighted by atomic mass is 9.56. The van der Waals surface area contributed by atoms with E-state index in [1.54, 1.807) is 24.3 Å². The summed E-state index contributed by atoms with van der Waals surface area (Å²) in [7, 11) is 0. The highest BCUT2D eigenvalue weighted by molar-refractivity contribution is 7.80. The molecule has 2 fully saturated rings. The molecule has 1 spiro atoms. The molecular weight excluding hydrogens is 344 g/mol. The molecule has 2 amide bonds. The average Bonchev–Trinajstić information content (AvgIpc) is 3.26. The van der Waals surface area contributed by atoms with Crippen LogP contribution in [0.2, 0.25) is 0 Å². The predicted molar refractivity (Wildman–Crippen MR) is 88.5 cm³/mol. The Kier molecular flexibility index (Phi) is 3.57. The molecule has 1 saturated carbocycles. The molecule has 3 heterocycles. The van der Waals surface area contributed by atoms with Gasteiger partial charge < -0.3 is 19.5 Å². The molecule has 128 valence electrons. The zero-order chi connectivity index (χ0) is 17.6. The zero-order valence-electron chi connectivity index (χ0n) is 13.0. The number of Topliss-reactive ketones (excluding diaryl/α,β-unsaturated/α-hetero) is 1. The van der Waals surface area contributed by atoms with Crippen LogP contribution >= 0.6 is 12.2 Å². The van der Waals surface area contributed by atoms with E-state index in [0.717, 1.165) is 0 Å². The Morgan fingerprint density at radius 2 is 1.40 bits per heavy atom. The first-order chi connectivity index (χ1) is 12.0. The van der Waals surface area contributed by atoms with E-state index in [9.17, 15) is 14.4 Å². The van der Waals surface area contributed by atoms with Crippen molar-refractivity contribution < 1.29 is 23.2 Å². The summed E-state index contributed by atoms with van der Waals surface area (Å²) in [6.07, 6.45) is 2.96. The van der Waals surface area contributed by atoms with Gasteiger partial charge in [0, 0.05) is 24.7 Å². The number of rotatable bonds is 2. The molecule has 1 aliphatic heterocycles. The molecule has 8 heteroatoms. The maximum Gasteiger partial charge on any atom is 0.243 e. The third kappa shape index (κ3) is 2.25. The molecule has 0 bridgehead atoms. The van der Waals surface area contributed by atoms with E-state index in [-0.39, 0.29) is 23.7 Å². The predicted octanol–water partition coefficient (Wildman–Crippen LogP) is 1.62. The molecule has 1 saturated heterocycles. The molecule has 0 radical (unpaired) electrons. The molecule has 2 aromatic rings. The lowest BCUT2D eigenvalue weighted by Gasteiger charge is -2.46. The summed E-state index contributed by atoms with van der Waals surface area (Å²) in [5.41, 5.74) is -1.58. The summed E-state index contributed by atoms with van der Waals surface area (Å²) in [6, 6.07) is 6.65. The molecule has 2 N–H and O–H groups in total. The van der Waals surface area contributed by atoms with Crippen LogP contribution in [-0.4, -0.2) is 22.7 Å². The molecule has 2 aliphatic rings. The second-order valence-corrected chi connectivity index (χ2v) is 6.60. The zero-order valence-corrected chi connectivity index (χ0v) is 13.8. The molecule has 2 atom stereocenters. The van der Waals surface area contributed by atoms with Gasteiger partial charge >= 0.3 is 0 Å². The lowest BCUT2D eigenvalue weighted by Crippen LogP contribution is -2.67. The quantitative estimate of drug-likeness (QED) is 0.625. The van der Waals surface area contributed by atoms with Crippen LogP contribution in [0.25, 0.3) is 0 Å². The van der Waals surface area contributed by atoms with Crippen molar-refractivity contribution in [2.45, 2.75) is 24.7 Å². The van der Waals surface area contributed by atoms with Gasteiger partial charge in [-0.15, -0.1) is 0 Å². The van der Waals surface area contributed by atoms with Crippen molar-refractivity contribution in [1.82, 2.24) is 10.6 Å². The summed E-state index contributed by atoms with van der Waals surface area (Å²) in [5.74, 6) is -1.84. The van der Waals surface area contributed by atoms with E-state index in [2.05, 4.69) is 10.6 Å². The van der Waals surface area contributed by atoms with Gasteiger partial charge in [0.05, 0.1) is 12.5 Å². The van der Waals surface area contributed by atoms with Gasteiger partial charge in [0.1, 0.15) is 22.7 Å². The first kappa shape index (κ1) is 15.8. The second-order valence-electron chi connectivity index (χ2n) is 6.19. The van der Waals surface area contributed by atoms with Crippen molar-refractivity contribution in [3.05, 3.63) is 48.3 Å². The highest BCUT2D eigenvalue weighted by atomic mass is 32.1. The van der Waals surface area contributed by atoms with Gasteiger partial charge in [-0.25, -0.2) is 0 Å². The van der Waals surface area contributed by atoms with Crippen LogP contribution in [0.4, 0.5) is 0 Å². The van der Waals surface area contributed by atoms with Crippen LogP contribution in [0, 0.1) is 5.41 Å². The highest BCUT2D eigenvalue weighted by Gasteiger charge is 2.64. The Morgan fingerprint density at radius 1 is 0.920 bits per heavy atom. The third-order valence-electron chi connectivity index (χ3n) is 4.94. The van der Waals surface area contributed by atoms with Gasteiger partial charge in [0.2, 0.25) is 11.8 Å². The summed E-state index contributed by atoms with van der Waals surface area (Å²) >= 11 is 4.94. The molecule has 2 aromatic heterocycles. The van der Waals surface area contributed by atoms with E-state index in [1.807, 2.05) is 0 Å². The fourth-order valence-corrected chi connectivity index (χ4v) is 4.10. The van der Waals surface area contributed by atoms with Crippen LogP contribution in [0.1, 0.15) is 36.2 Å². The number of thiocarbonyl (C=S) groups is 1. The SMILES string of the molecule is O=C1CC(c2ccco2)C2(C(=O)NC(=S)NC2=O)C(c2ccco2)C1. The smallest absolute Gasteiger partial charge is 0.243 e. The third-order valence-corrected chi connectivity index (χ3v) is 5.15. The van der Waals surface area contributed by atoms with Gasteiger partial charge in [-0.1, -0.05) is 0 Å². The Bertz CT molecular complexity index is 787. The number of hydrogen-bond donors (Lipinski definition) is 2. The minimum absolute atomic E-state index is 0.0261. The largest absolute Gasteiger partial charge is 0.469 e. The fourth-order valence-electron chi connectivity index (χ4n) is 3.91. The Labute approximate surface area is 147 Å². The molecular formula is C17H14N2O5S. The normalized spacial score (nSPS) is 25.8. The van der Waals surface area contributed by atoms with E-state index < -0.39 is 29.1 Å². The number of hydrogen-bond acceptors (Lipinski definition) is 6. The minimum atomic E-state index is -1.58.